The first-order valence-corrected chi connectivity index (χ1v) is 4.97. The maximum absolute atomic E-state index is 9.44. The largest absolute Gasteiger partial charge is 0.378 e. The lowest BCUT2D eigenvalue weighted by Gasteiger charge is -2.12. The lowest BCUT2D eigenvalue weighted by molar-refractivity contribution is 0.126. The highest BCUT2D eigenvalue weighted by molar-refractivity contribution is 5.08. The molecule has 0 heterocycles. The van der Waals surface area contributed by atoms with Gasteiger partial charge in [0.2, 0.25) is 0 Å². The molecule has 1 heteroatoms. The molecule has 0 rings (SSSR count). The van der Waals surface area contributed by atoms with Crippen molar-refractivity contribution in [3.8, 4) is 12.3 Å². The van der Waals surface area contributed by atoms with Crippen LogP contribution in [0.3, 0.4) is 0 Å². The highest BCUT2D eigenvalue weighted by Gasteiger charge is 2.12. The summed E-state index contributed by atoms with van der Waals surface area (Å²) >= 11 is 0. The average Bonchev–Trinajstić information content (AvgIpc) is 2.11. The Bertz CT molecular complexity index is 184. The van der Waals surface area contributed by atoms with Crippen molar-refractivity contribution in [2.24, 2.45) is 0 Å². The van der Waals surface area contributed by atoms with E-state index in [0.29, 0.717) is 6.42 Å². The third kappa shape index (κ3) is 7.62. The van der Waals surface area contributed by atoms with Gasteiger partial charge in [-0.3, -0.25) is 0 Å². The van der Waals surface area contributed by atoms with Gasteiger partial charge in [-0.1, -0.05) is 37.8 Å². The molecule has 1 N–H and O–H groups in total. The fourth-order valence-electron chi connectivity index (χ4n) is 1.00. The molecule has 0 spiro atoms. The third-order valence-corrected chi connectivity index (χ3v) is 1.97. The van der Waals surface area contributed by atoms with Crippen LogP contribution in [0.1, 0.15) is 46.0 Å². The molecular formula is C12H20O. The smallest absolute Gasteiger partial charge is 0.125 e. The van der Waals surface area contributed by atoms with Crippen molar-refractivity contribution in [1.29, 1.82) is 0 Å². The van der Waals surface area contributed by atoms with Crippen LogP contribution in [0.25, 0.3) is 0 Å². The zero-order valence-electron chi connectivity index (χ0n) is 8.71. The number of terminal acetylenes is 1. The van der Waals surface area contributed by atoms with Crippen molar-refractivity contribution in [3.05, 3.63) is 12.2 Å². The highest BCUT2D eigenvalue weighted by atomic mass is 16.3. The molecule has 0 aromatic heterocycles. The number of hydrogen-bond acceptors (Lipinski definition) is 1. The first kappa shape index (κ1) is 12.3. The van der Waals surface area contributed by atoms with Crippen LogP contribution in [-0.4, -0.2) is 10.7 Å². The summed E-state index contributed by atoms with van der Waals surface area (Å²) in [5, 5.41) is 9.44. The Morgan fingerprint density at radius 1 is 1.38 bits per heavy atom. The monoisotopic (exact) mass is 180 g/mol. The minimum Gasteiger partial charge on any atom is -0.378 e. The summed E-state index contributed by atoms with van der Waals surface area (Å²) in [6.45, 7) is 3.84. The fraction of sp³-hybridized carbons (Fsp3) is 0.667. The van der Waals surface area contributed by atoms with Crippen molar-refractivity contribution in [2.75, 3.05) is 0 Å². The minimum absolute atomic E-state index is 0.551. The molecule has 13 heavy (non-hydrogen) atoms. The third-order valence-electron chi connectivity index (χ3n) is 1.97. The predicted molar refractivity (Wildman–Crippen MR) is 57.4 cm³/mol. The predicted octanol–water partition coefficient (Wildman–Crippen LogP) is 2.90. The Labute approximate surface area is 81.9 Å². The second kappa shape index (κ2) is 6.74. The average molecular weight is 180 g/mol. The van der Waals surface area contributed by atoms with Gasteiger partial charge in [0, 0.05) is 6.42 Å². The number of allylic oxidation sites excluding steroid dienone is 1. The van der Waals surface area contributed by atoms with E-state index in [4.69, 9.17) is 6.42 Å². The molecule has 0 radical (unpaired) electrons. The van der Waals surface area contributed by atoms with Crippen molar-refractivity contribution >= 4 is 0 Å². The Morgan fingerprint density at radius 2 is 2.08 bits per heavy atom. The molecule has 0 aliphatic heterocycles. The molecule has 1 unspecified atom stereocenters. The number of aliphatic hydroxyl groups is 1. The normalized spacial score (nSPS) is 15.5. The zero-order chi connectivity index (χ0) is 10.2. The highest BCUT2D eigenvalue weighted by Crippen LogP contribution is 2.08. The topological polar surface area (TPSA) is 20.2 Å². The first-order chi connectivity index (χ1) is 6.12. The Hall–Kier alpha value is -0.740. The molecule has 0 bridgehead atoms. The van der Waals surface area contributed by atoms with Gasteiger partial charge in [0.15, 0.2) is 0 Å². The fourth-order valence-corrected chi connectivity index (χ4v) is 1.00. The summed E-state index contributed by atoms with van der Waals surface area (Å²) < 4.78 is 0. The van der Waals surface area contributed by atoms with E-state index in [0.717, 1.165) is 6.42 Å². The van der Waals surface area contributed by atoms with Crippen molar-refractivity contribution < 1.29 is 5.11 Å². The van der Waals surface area contributed by atoms with E-state index in [1.807, 2.05) is 6.08 Å². The lowest BCUT2D eigenvalue weighted by atomic mass is 10.0. The second-order valence-corrected chi connectivity index (χ2v) is 3.59. The van der Waals surface area contributed by atoms with Gasteiger partial charge >= 0.3 is 0 Å². The molecule has 1 nitrogen and oxygen atoms in total. The summed E-state index contributed by atoms with van der Waals surface area (Å²) in [5.41, 5.74) is -0.971. The van der Waals surface area contributed by atoms with E-state index in [2.05, 4.69) is 18.9 Å². The van der Waals surface area contributed by atoms with Crippen LogP contribution >= 0.6 is 0 Å². The van der Waals surface area contributed by atoms with Crippen LogP contribution in [0.4, 0.5) is 0 Å². The molecule has 74 valence electrons. The molecule has 0 fully saturated rings. The van der Waals surface area contributed by atoms with Crippen LogP contribution in [0, 0.1) is 12.3 Å². The minimum atomic E-state index is -0.971. The van der Waals surface area contributed by atoms with Gasteiger partial charge in [-0.25, -0.2) is 0 Å². The SMILES string of the molecule is C#CC(C)(O)CC=CCCCCC. The summed E-state index contributed by atoms with van der Waals surface area (Å²) in [6.07, 6.45) is 14.6. The molecule has 0 saturated heterocycles. The Kier molecular flexibility index (Phi) is 6.36. The van der Waals surface area contributed by atoms with Crippen LogP contribution in [-0.2, 0) is 0 Å². The second-order valence-electron chi connectivity index (χ2n) is 3.59. The van der Waals surface area contributed by atoms with Crippen LogP contribution in [0.5, 0.6) is 0 Å². The maximum Gasteiger partial charge on any atom is 0.125 e. The quantitative estimate of drug-likeness (QED) is 0.378. The van der Waals surface area contributed by atoms with Gasteiger partial charge in [-0.05, 0) is 19.8 Å². The maximum atomic E-state index is 9.44. The summed E-state index contributed by atoms with van der Waals surface area (Å²) in [6, 6.07) is 0. The summed E-state index contributed by atoms with van der Waals surface area (Å²) in [7, 11) is 0. The van der Waals surface area contributed by atoms with E-state index in [1.165, 1.54) is 19.3 Å². The molecule has 0 aromatic carbocycles. The summed E-state index contributed by atoms with van der Waals surface area (Å²) in [5.74, 6) is 2.35. The zero-order valence-corrected chi connectivity index (χ0v) is 8.71. The molecule has 0 saturated carbocycles. The number of hydrogen-bond donors (Lipinski definition) is 1. The Balaban J connectivity index is 3.48. The molecule has 0 aliphatic carbocycles. The Morgan fingerprint density at radius 3 is 2.62 bits per heavy atom. The van der Waals surface area contributed by atoms with Crippen molar-refractivity contribution in [3.63, 3.8) is 0 Å². The molecular weight excluding hydrogens is 160 g/mol. The van der Waals surface area contributed by atoms with Gasteiger partial charge < -0.3 is 5.11 Å². The lowest BCUT2D eigenvalue weighted by Crippen LogP contribution is -2.19. The van der Waals surface area contributed by atoms with Crippen molar-refractivity contribution in [2.45, 2.75) is 51.6 Å². The summed E-state index contributed by atoms with van der Waals surface area (Å²) in [4.78, 5) is 0. The van der Waals surface area contributed by atoms with Gasteiger partial charge in [-0.15, -0.1) is 6.42 Å². The number of unbranched alkanes of at least 4 members (excludes halogenated alkanes) is 3. The standard InChI is InChI=1S/C12H20O/c1-4-6-7-8-9-10-11-12(3,13)5-2/h2,9-10,13H,4,6-8,11H2,1,3H3. The van der Waals surface area contributed by atoms with Gasteiger partial charge in [0.05, 0.1) is 0 Å². The van der Waals surface area contributed by atoms with E-state index in [1.54, 1.807) is 6.92 Å². The van der Waals surface area contributed by atoms with Gasteiger partial charge in [0.25, 0.3) is 0 Å². The molecule has 0 amide bonds. The van der Waals surface area contributed by atoms with Crippen LogP contribution in [0.2, 0.25) is 0 Å². The molecule has 0 aliphatic rings. The van der Waals surface area contributed by atoms with Crippen molar-refractivity contribution in [1.82, 2.24) is 0 Å². The van der Waals surface area contributed by atoms with E-state index in [9.17, 15) is 5.11 Å². The molecule has 0 aromatic rings. The van der Waals surface area contributed by atoms with Crippen LogP contribution in [0.15, 0.2) is 12.2 Å². The van der Waals surface area contributed by atoms with E-state index < -0.39 is 5.60 Å². The van der Waals surface area contributed by atoms with E-state index >= 15 is 0 Å². The van der Waals surface area contributed by atoms with Crippen LogP contribution < -0.4 is 0 Å². The first-order valence-electron chi connectivity index (χ1n) is 4.97. The number of rotatable bonds is 6. The van der Waals surface area contributed by atoms with Gasteiger partial charge in [0.1, 0.15) is 5.60 Å². The van der Waals surface area contributed by atoms with Gasteiger partial charge in [-0.2, -0.15) is 0 Å². The molecule has 1 atom stereocenters. The van der Waals surface area contributed by atoms with E-state index in [-0.39, 0.29) is 0 Å².